The van der Waals surface area contributed by atoms with Gasteiger partial charge in [-0.2, -0.15) is 0 Å². The fourth-order valence-electron chi connectivity index (χ4n) is 2.92. The maximum Gasteiger partial charge on any atom is 0.0484 e. The van der Waals surface area contributed by atoms with Crippen molar-refractivity contribution in [2.75, 3.05) is 32.8 Å². The van der Waals surface area contributed by atoms with Gasteiger partial charge in [0.1, 0.15) is 0 Å². The van der Waals surface area contributed by atoms with Gasteiger partial charge < -0.3 is 10.5 Å². The highest BCUT2D eigenvalue weighted by Crippen LogP contribution is 2.34. The van der Waals surface area contributed by atoms with E-state index in [4.69, 9.17) is 10.5 Å². The summed E-state index contributed by atoms with van der Waals surface area (Å²) < 4.78 is 5.46. The molecule has 0 aromatic rings. The Bertz CT molecular complexity index is 204. The quantitative estimate of drug-likeness (QED) is 0.744. The maximum absolute atomic E-state index is 6.01. The molecule has 0 saturated carbocycles. The van der Waals surface area contributed by atoms with Crippen molar-refractivity contribution < 1.29 is 4.74 Å². The lowest BCUT2D eigenvalue weighted by molar-refractivity contribution is -0.0162. The van der Waals surface area contributed by atoms with Crippen molar-refractivity contribution in [3.05, 3.63) is 0 Å². The van der Waals surface area contributed by atoms with Gasteiger partial charge >= 0.3 is 0 Å². The summed E-state index contributed by atoms with van der Waals surface area (Å²) in [5.74, 6) is 1.63. The number of hydrogen-bond donors (Lipinski definition) is 1. The first-order valence-electron chi connectivity index (χ1n) is 6.21. The molecule has 0 amide bonds. The average Bonchev–Trinajstić information content (AvgIpc) is 2.61. The van der Waals surface area contributed by atoms with Crippen molar-refractivity contribution in [3.8, 4) is 0 Å². The molecule has 0 spiro atoms. The van der Waals surface area contributed by atoms with Crippen molar-refractivity contribution in [3.63, 3.8) is 0 Å². The normalized spacial score (nSPS) is 37.0. The van der Waals surface area contributed by atoms with Crippen LogP contribution in [0, 0.1) is 11.8 Å². The molecule has 3 nitrogen and oxygen atoms in total. The van der Waals surface area contributed by atoms with E-state index in [9.17, 15) is 0 Å². The molecule has 2 rings (SSSR count). The van der Waals surface area contributed by atoms with Gasteiger partial charge in [-0.3, -0.25) is 4.90 Å². The zero-order valence-corrected chi connectivity index (χ0v) is 10.0. The zero-order valence-electron chi connectivity index (χ0n) is 10.0. The summed E-state index contributed by atoms with van der Waals surface area (Å²) >= 11 is 0. The summed E-state index contributed by atoms with van der Waals surface area (Å²) in [7, 11) is 0. The predicted molar refractivity (Wildman–Crippen MR) is 61.7 cm³/mol. The van der Waals surface area contributed by atoms with Crippen molar-refractivity contribution >= 4 is 0 Å². The van der Waals surface area contributed by atoms with E-state index >= 15 is 0 Å². The summed E-state index contributed by atoms with van der Waals surface area (Å²) in [5, 5.41) is 0. The minimum Gasteiger partial charge on any atom is -0.381 e. The van der Waals surface area contributed by atoms with E-state index in [1.165, 1.54) is 13.1 Å². The number of nitrogens with two attached hydrogens (primary N) is 1. The third-order valence-corrected chi connectivity index (χ3v) is 4.46. The lowest BCUT2D eigenvalue weighted by Gasteiger charge is -2.44. The molecule has 2 atom stereocenters. The van der Waals surface area contributed by atoms with E-state index in [-0.39, 0.29) is 5.54 Å². The molecular formula is C12H24N2O. The summed E-state index contributed by atoms with van der Waals surface area (Å²) in [6, 6.07) is 0. The number of rotatable bonds is 2. The number of ether oxygens (including phenoxy) is 1. The Labute approximate surface area is 93.0 Å². The van der Waals surface area contributed by atoms with Gasteiger partial charge in [0.2, 0.25) is 0 Å². The van der Waals surface area contributed by atoms with Crippen LogP contribution in [0.25, 0.3) is 0 Å². The van der Waals surface area contributed by atoms with Gasteiger partial charge in [-0.1, -0.05) is 13.8 Å². The van der Waals surface area contributed by atoms with Crippen molar-refractivity contribution in [1.82, 2.24) is 4.90 Å². The summed E-state index contributed by atoms with van der Waals surface area (Å²) in [5.41, 5.74) is 6.26. The van der Waals surface area contributed by atoms with E-state index in [1.807, 2.05) is 0 Å². The first-order chi connectivity index (χ1) is 7.18. The minimum atomic E-state index is 0.247. The Balaban J connectivity index is 2.06. The van der Waals surface area contributed by atoms with E-state index in [1.54, 1.807) is 0 Å². The van der Waals surface area contributed by atoms with Crippen LogP contribution in [0.15, 0.2) is 0 Å². The highest BCUT2D eigenvalue weighted by molar-refractivity contribution is 4.97. The molecule has 2 heterocycles. The largest absolute Gasteiger partial charge is 0.381 e. The molecule has 2 aliphatic heterocycles. The third kappa shape index (κ3) is 2.05. The van der Waals surface area contributed by atoms with Gasteiger partial charge in [-0.15, -0.1) is 0 Å². The lowest BCUT2D eigenvalue weighted by atomic mass is 9.88. The highest BCUT2D eigenvalue weighted by atomic mass is 16.5. The molecule has 0 aromatic heterocycles. The smallest absolute Gasteiger partial charge is 0.0484 e. The second-order valence-electron chi connectivity index (χ2n) is 5.40. The molecule has 0 bridgehead atoms. The third-order valence-electron chi connectivity index (χ3n) is 4.46. The van der Waals surface area contributed by atoms with Crippen LogP contribution < -0.4 is 5.73 Å². The molecule has 0 aliphatic carbocycles. The van der Waals surface area contributed by atoms with E-state index in [0.29, 0.717) is 0 Å². The second-order valence-corrected chi connectivity index (χ2v) is 5.40. The number of nitrogens with zero attached hydrogens (tertiary/aromatic N) is 1. The molecule has 0 radical (unpaired) electrons. The molecule has 2 N–H and O–H groups in total. The molecule has 3 heteroatoms. The first kappa shape index (κ1) is 11.4. The molecular weight excluding hydrogens is 188 g/mol. The summed E-state index contributed by atoms with van der Waals surface area (Å²) in [4.78, 5) is 2.63. The first-order valence-corrected chi connectivity index (χ1v) is 6.21. The van der Waals surface area contributed by atoms with Crippen LogP contribution in [0.2, 0.25) is 0 Å². The van der Waals surface area contributed by atoms with Gasteiger partial charge in [0.15, 0.2) is 0 Å². The molecule has 2 saturated heterocycles. The molecule has 15 heavy (non-hydrogen) atoms. The van der Waals surface area contributed by atoms with Crippen molar-refractivity contribution in [2.24, 2.45) is 17.6 Å². The van der Waals surface area contributed by atoms with Crippen LogP contribution in [0.1, 0.15) is 26.7 Å². The standard InChI is InChI=1S/C12H24N2O/c1-10-7-14(8-11(10)2)12(9-13)3-5-15-6-4-12/h10-11H,3-9,13H2,1-2H3. The van der Waals surface area contributed by atoms with Crippen molar-refractivity contribution in [1.29, 1.82) is 0 Å². The van der Waals surface area contributed by atoms with Crippen LogP contribution in [0.4, 0.5) is 0 Å². The molecule has 2 unspecified atom stereocenters. The average molecular weight is 212 g/mol. The monoisotopic (exact) mass is 212 g/mol. The Morgan fingerprint density at radius 3 is 2.20 bits per heavy atom. The Kier molecular flexibility index (Phi) is 3.33. The summed E-state index contributed by atoms with van der Waals surface area (Å²) in [6.45, 7) is 9.71. The number of likely N-dealkylation sites (tertiary alicyclic amines) is 1. The fourth-order valence-corrected chi connectivity index (χ4v) is 2.92. The number of hydrogen-bond acceptors (Lipinski definition) is 3. The van der Waals surface area contributed by atoms with Gasteiger partial charge in [-0.25, -0.2) is 0 Å². The molecule has 0 aromatic carbocycles. The van der Waals surface area contributed by atoms with Gasteiger partial charge in [0.05, 0.1) is 0 Å². The molecule has 2 fully saturated rings. The van der Waals surface area contributed by atoms with Crippen LogP contribution in [-0.2, 0) is 4.74 Å². The Hall–Kier alpha value is -0.120. The Morgan fingerprint density at radius 2 is 1.73 bits per heavy atom. The van der Waals surface area contributed by atoms with Crippen LogP contribution in [0.3, 0.4) is 0 Å². The fraction of sp³-hybridized carbons (Fsp3) is 1.00. The predicted octanol–water partition coefficient (Wildman–Crippen LogP) is 1.08. The van der Waals surface area contributed by atoms with Gasteiger partial charge in [-0.05, 0) is 24.7 Å². The lowest BCUT2D eigenvalue weighted by Crippen LogP contribution is -2.56. The second kappa shape index (κ2) is 4.40. The molecule has 2 aliphatic rings. The Morgan fingerprint density at radius 1 is 1.20 bits per heavy atom. The summed E-state index contributed by atoms with van der Waals surface area (Å²) in [6.07, 6.45) is 2.23. The van der Waals surface area contributed by atoms with E-state index in [0.717, 1.165) is 44.4 Å². The van der Waals surface area contributed by atoms with E-state index in [2.05, 4.69) is 18.7 Å². The SMILES string of the molecule is CC1CN(C2(CN)CCOCC2)CC1C. The van der Waals surface area contributed by atoms with E-state index < -0.39 is 0 Å². The van der Waals surface area contributed by atoms with Crippen LogP contribution >= 0.6 is 0 Å². The van der Waals surface area contributed by atoms with Crippen LogP contribution in [0.5, 0.6) is 0 Å². The van der Waals surface area contributed by atoms with Gasteiger partial charge in [0, 0.05) is 38.4 Å². The maximum atomic E-state index is 6.01. The van der Waals surface area contributed by atoms with Gasteiger partial charge in [0.25, 0.3) is 0 Å². The highest BCUT2D eigenvalue weighted by Gasteiger charge is 2.41. The zero-order chi connectivity index (χ0) is 10.9. The molecule has 88 valence electrons. The topological polar surface area (TPSA) is 38.5 Å². The van der Waals surface area contributed by atoms with Crippen molar-refractivity contribution in [2.45, 2.75) is 32.2 Å². The minimum absolute atomic E-state index is 0.247. The van der Waals surface area contributed by atoms with Crippen LogP contribution in [-0.4, -0.2) is 43.3 Å².